The first-order valence-electron chi connectivity index (χ1n) is 8.46. The summed E-state index contributed by atoms with van der Waals surface area (Å²) in [6, 6.07) is 7.53. The van der Waals surface area contributed by atoms with Gasteiger partial charge in [0.25, 0.3) is 0 Å². The Hall–Kier alpha value is -2.40. The van der Waals surface area contributed by atoms with Crippen LogP contribution in [0.5, 0.6) is 11.6 Å². The molecule has 28 heavy (non-hydrogen) atoms. The molecule has 152 valence electrons. The lowest BCUT2D eigenvalue weighted by molar-refractivity contribution is -0.274. The van der Waals surface area contributed by atoms with Crippen LogP contribution in [0.2, 0.25) is 0 Å². The summed E-state index contributed by atoms with van der Waals surface area (Å²) in [5, 5.41) is 7.81. The standard InChI is InChI=1S/C17H18F3N3O4S/c1-12-4-9-16(22-21-12)26-14-3-2-10-23(11-14)28(24,25)15-7-5-13(6-8-15)27-17(18,19)20/h4-9,14H,2-3,10-11H2,1H3. The van der Waals surface area contributed by atoms with Gasteiger partial charge < -0.3 is 9.47 Å². The van der Waals surface area contributed by atoms with E-state index in [0.717, 1.165) is 30.0 Å². The highest BCUT2D eigenvalue weighted by atomic mass is 32.2. The normalized spacial score (nSPS) is 18.6. The van der Waals surface area contributed by atoms with Crippen molar-refractivity contribution in [1.82, 2.24) is 14.5 Å². The third-order valence-corrected chi connectivity index (χ3v) is 5.98. The van der Waals surface area contributed by atoms with E-state index in [9.17, 15) is 21.6 Å². The van der Waals surface area contributed by atoms with E-state index in [1.165, 1.54) is 4.31 Å². The molecule has 1 unspecified atom stereocenters. The highest BCUT2D eigenvalue weighted by Crippen LogP contribution is 2.27. The minimum absolute atomic E-state index is 0.110. The number of benzene rings is 1. The zero-order valence-corrected chi connectivity index (χ0v) is 15.7. The Morgan fingerprint density at radius 2 is 1.82 bits per heavy atom. The van der Waals surface area contributed by atoms with Gasteiger partial charge in [-0.15, -0.1) is 18.3 Å². The lowest BCUT2D eigenvalue weighted by Gasteiger charge is -2.31. The molecule has 1 saturated heterocycles. The van der Waals surface area contributed by atoms with Crippen molar-refractivity contribution in [2.75, 3.05) is 13.1 Å². The number of alkyl halides is 3. The summed E-state index contributed by atoms with van der Waals surface area (Å²) >= 11 is 0. The molecule has 1 aromatic carbocycles. The van der Waals surface area contributed by atoms with Gasteiger partial charge in [0.1, 0.15) is 11.9 Å². The minimum Gasteiger partial charge on any atom is -0.472 e. The third kappa shape index (κ3) is 5.10. The fourth-order valence-corrected chi connectivity index (χ4v) is 4.31. The van der Waals surface area contributed by atoms with Gasteiger partial charge in [-0.05, 0) is 50.1 Å². The molecule has 3 rings (SSSR count). The monoisotopic (exact) mass is 417 g/mol. The molecule has 0 saturated carbocycles. The second-order valence-electron chi connectivity index (χ2n) is 6.28. The van der Waals surface area contributed by atoms with Crippen LogP contribution in [-0.2, 0) is 10.0 Å². The molecule has 0 amide bonds. The molecule has 1 fully saturated rings. The molecule has 2 heterocycles. The van der Waals surface area contributed by atoms with Crippen LogP contribution in [-0.4, -0.2) is 48.5 Å². The first kappa shape index (κ1) is 20.3. The van der Waals surface area contributed by atoms with Crippen molar-refractivity contribution in [3.05, 3.63) is 42.1 Å². The summed E-state index contributed by atoms with van der Waals surface area (Å²) in [6.07, 6.45) is -4.00. The Balaban J connectivity index is 1.69. The molecule has 11 heteroatoms. The number of halogens is 3. The molecule has 1 aromatic heterocycles. The molecule has 0 radical (unpaired) electrons. The van der Waals surface area contributed by atoms with Crippen LogP contribution < -0.4 is 9.47 Å². The van der Waals surface area contributed by atoms with Gasteiger partial charge in [-0.25, -0.2) is 8.42 Å². The van der Waals surface area contributed by atoms with Crippen molar-refractivity contribution < 1.29 is 31.1 Å². The molecule has 0 aliphatic carbocycles. The molecule has 2 aromatic rings. The Kier molecular flexibility index (Phi) is 5.75. The summed E-state index contributed by atoms with van der Waals surface area (Å²) in [6.45, 7) is 2.19. The van der Waals surface area contributed by atoms with E-state index in [1.807, 2.05) is 0 Å². The second-order valence-corrected chi connectivity index (χ2v) is 8.22. The fraction of sp³-hybridized carbons (Fsp3) is 0.412. The van der Waals surface area contributed by atoms with Crippen LogP contribution in [0.1, 0.15) is 18.5 Å². The quantitative estimate of drug-likeness (QED) is 0.744. The van der Waals surface area contributed by atoms with Crippen molar-refractivity contribution in [2.24, 2.45) is 0 Å². The Morgan fingerprint density at radius 3 is 2.43 bits per heavy atom. The SMILES string of the molecule is Cc1ccc(OC2CCCN(S(=O)(=O)c3ccc(OC(F)(F)F)cc3)C2)nn1. The average Bonchev–Trinajstić information content (AvgIpc) is 2.63. The number of piperidine rings is 1. The number of aryl methyl sites for hydroxylation is 1. The zero-order valence-electron chi connectivity index (χ0n) is 14.9. The van der Waals surface area contributed by atoms with E-state index in [2.05, 4.69) is 14.9 Å². The molecule has 1 aliphatic rings. The van der Waals surface area contributed by atoms with Gasteiger partial charge in [0, 0.05) is 12.6 Å². The van der Waals surface area contributed by atoms with Crippen LogP contribution in [0.3, 0.4) is 0 Å². The number of sulfonamides is 1. The number of nitrogens with zero attached hydrogens (tertiary/aromatic N) is 3. The summed E-state index contributed by atoms with van der Waals surface area (Å²) in [4.78, 5) is -0.113. The van der Waals surface area contributed by atoms with Crippen molar-refractivity contribution in [1.29, 1.82) is 0 Å². The number of aromatic nitrogens is 2. The maximum absolute atomic E-state index is 12.8. The van der Waals surface area contributed by atoms with Gasteiger partial charge >= 0.3 is 6.36 Å². The van der Waals surface area contributed by atoms with E-state index >= 15 is 0 Å². The summed E-state index contributed by atoms with van der Waals surface area (Å²) < 4.78 is 73.1. The molecule has 1 aliphatic heterocycles. The summed E-state index contributed by atoms with van der Waals surface area (Å²) in [5.74, 6) is -0.173. The van der Waals surface area contributed by atoms with Crippen LogP contribution in [0, 0.1) is 6.92 Å². The lowest BCUT2D eigenvalue weighted by Crippen LogP contribution is -2.44. The van der Waals surface area contributed by atoms with Crippen LogP contribution in [0.15, 0.2) is 41.3 Å². The molecule has 0 spiro atoms. The Labute approximate surface area is 160 Å². The zero-order chi connectivity index (χ0) is 20.4. The molecule has 0 N–H and O–H groups in total. The first-order valence-corrected chi connectivity index (χ1v) is 9.90. The van der Waals surface area contributed by atoms with Gasteiger partial charge in [-0.1, -0.05) is 0 Å². The van der Waals surface area contributed by atoms with Gasteiger partial charge in [-0.2, -0.15) is 9.40 Å². The van der Waals surface area contributed by atoms with Gasteiger partial charge in [-0.3, -0.25) is 0 Å². The van der Waals surface area contributed by atoms with Crippen molar-refractivity contribution in [2.45, 2.75) is 37.1 Å². The molecular formula is C17H18F3N3O4S. The smallest absolute Gasteiger partial charge is 0.472 e. The number of hydrogen-bond acceptors (Lipinski definition) is 6. The minimum atomic E-state index is -4.84. The van der Waals surface area contributed by atoms with E-state index in [-0.39, 0.29) is 11.4 Å². The number of rotatable bonds is 5. The topological polar surface area (TPSA) is 81.6 Å². The van der Waals surface area contributed by atoms with Crippen LogP contribution in [0.25, 0.3) is 0 Å². The Bertz CT molecular complexity index is 903. The summed E-state index contributed by atoms with van der Waals surface area (Å²) in [5.41, 5.74) is 0.734. The van der Waals surface area contributed by atoms with E-state index < -0.39 is 28.2 Å². The number of ether oxygens (including phenoxy) is 2. The van der Waals surface area contributed by atoms with Crippen molar-refractivity contribution in [3.63, 3.8) is 0 Å². The van der Waals surface area contributed by atoms with Crippen LogP contribution >= 0.6 is 0 Å². The van der Waals surface area contributed by atoms with E-state index in [1.54, 1.807) is 19.1 Å². The fourth-order valence-electron chi connectivity index (χ4n) is 2.80. The molecular weight excluding hydrogens is 399 g/mol. The predicted molar refractivity (Wildman–Crippen MR) is 92.3 cm³/mol. The highest BCUT2D eigenvalue weighted by Gasteiger charge is 2.33. The largest absolute Gasteiger partial charge is 0.573 e. The maximum Gasteiger partial charge on any atom is 0.573 e. The van der Waals surface area contributed by atoms with E-state index in [0.29, 0.717) is 25.3 Å². The van der Waals surface area contributed by atoms with Gasteiger partial charge in [0.05, 0.1) is 17.1 Å². The molecule has 7 nitrogen and oxygen atoms in total. The molecule has 0 bridgehead atoms. The van der Waals surface area contributed by atoms with Crippen molar-refractivity contribution >= 4 is 10.0 Å². The molecule has 1 atom stereocenters. The number of hydrogen-bond donors (Lipinski definition) is 0. The highest BCUT2D eigenvalue weighted by molar-refractivity contribution is 7.89. The average molecular weight is 417 g/mol. The van der Waals surface area contributed by atoms with Crippen LogP contribution in [0.4, 0.5) is 13.2 Å². The lowest BCUT2D eigenvalue weighted by atomic mass is 10.1. The summed E-state index contributed by atoms with van der Waals surface area (Å²) in [7, 11) is -3.87. The van der Waals surface area contributed by atoms with Crippen molar-refractivity contribution in [3.8, 4) is 11.6 Å². The predicted octanol–water partition coefficient (Wildman–Crippen LogP) is 2.92. The van der Waals surface area contributed by atoms with Gasteiger partial charge in [0.2, 0.25) is 15.9 Å². The third-order valence-electron chi connectivity index (χ3n) is 4.10. The Morgan fingerprint density at radius 1 is 1.11 bits per heavy atom. The first-order chi connectivity index (χ1) is 13.1. The maximum atomic E-state index is 12.8. The van der Waals surface area contributed by atoms with E-state index in [4.69, 9.17) is 4.74 Å². The second kappa shape index (κ2) is 7.92. The van der Waals surface area contributed by atoms with Gasteiger partial charge in [0.15, 0.2) is 0 Å².